The van der Waals surface area contributed by atoms with E-state index < -0.39 is 0 Å². The van der Waals surface area contributed by atoms with Crippen molar-refractivity contribution in [3.8, 4) is 0 Å². The number of ether oxygens (including phenoxy) is 1. The Morgan fingerprint density at radius 3 is 2.77 bits per heavy atom. The summed E-state index contributed by atoms with van der Waals surface area (Å²) in [6.45, 7) is 9.51. The van der Waals surface area contributed by atoms with Gasteiger partial charge in [0.2, 0.25) is 0 Å². The van der Waals surface area contributed by atoms with Crippen LogP contribution in [0, 0.1) is 6.92 Å². The van der Waals surface area contributed by atoms with Crippen molar-refractivity contribution >= 4 is 23.2 Å². The summed E-state index contributed by atoms with van der Waals surface area (Å²) in [5, 5.41) is 4.51. The SMILES string of the molecule is CCNC(=NCCc1ncc(C)s1)N1CCN(C(=O)C2CCCO2)CC1. The Labute approximate surface area is 159 Å². The number of thiazole rings is 1. The molecule has 0 radical (unpaired) electrons. The summed E-state index contributed by atoms with van der Waals surface area (Å²) in [5.74, 6) is 1.09. The van der Waals surface area contributed by atoms with Gasteiger partial charge in [-0.3, -0.25) is 9.79 Å². The monoisotopic (exact) mass is 379 g/mol. The van der Waals surface area contributed by atoms with Gasteiger partial charge in [0.25, 0.3) is 5.91 Å². The molecule has 8 heteroatoms. The Morgan fingerprint density at radius 1 is 1.38 bits per heavy atom. The molecule has 0 spiro atoms. The van der Waals surface area contributed by atoms with Crippen LogP contribution in [0.15, 0.2) is 11.2 Å². The van der Waals surface area contributed by atoms with Gasteiger partial charge in [0, 0.05) is 63.4 Å². The first-order chi connectivity index (χ1) is 12.7. The number of aryl methyl sites for hydroxylation is 1. The van der Waals surface area contributed by atoms with Crippen molar-refractivity contribution in [1.29, 1.82) is 0 Å². The molecule has 0 aromatic carbocycles. The standard InChI is InChI=1S/C18H29N5O2S/c1-3-19-18(20-7-6-16-21-13-14(2)26-16)23-10-8-22(9-11-23)17(24)15-5-4-12-25-15/h13,15H,3-12H2,1-2H3,(H,19,20). The largest absolute Gasteiger partial charge is 0.368 e. The number of hydrogen-bond donors (Lipinski definition) is 1. The maximum atomic E-state index is 12.5. The number of aliphatic imine (C=N–C) groups is 1. The minimum atomic E-state index is -0.217. The maximum Gasteiger partial charge on any atom is 0.251 e. The predicted octanol–water partition coefficient (Wildman–Crippen LogP) is 1.28. The van der Waals surface area contributed by atoms with Crippen molar-refractivity contribution in [2.45, 2.75) is 39.2 Å². The first kappa shape index (κ1) is 19.1. The van der Waals surface area contributed by atoms with Gasteiger partial charge in [0.15, 0.2) is 5.96 Å². The molecule has 26 heavy (non-hydrogen) atoms. The molecule has 2 aliphatic heterocycles. The molecule has 144 valence electrons. The summed E-state index contributed by atoms with van der Waals surface area (Å²) in [6.07, 6.45) is 4.42. The van der Waals surface area contributed by atoms with Crippen LogP contribution in [0.5, 0.6) is 0 Å². The molecule has 1 aromatic rings. The second kappa shape index (κ2) is 9.32. The predicted molar refractivity (Wildman–Crippen MR) is 104 cm³/mol. The molecule has 1 aromatic heterocycles. The Kier molecular flexibility index (Phi) is 6.85. The molecule has 1 atom stereocenters. The minimum absolute atomic E-state index is 0.156. The van der Waals surface area contributed by atoms with E-state index in [1.54, 1.807) is 11.3 Å². The summed E-state index contributed by atoms with van der Waals surface area (Å²) in [5.41, 5.74) is 0. The quantitative estimate of drug-likeness (QED) is 0.617. The molecule has 0 bridgehead atoms. The minimum Gasteiger partial charge on any atom is -0.368 e. The normalized spacial score (nSPS) is 21.3. The van der Waals surface area contributed by atoms with E-state index >= 15 is 0 Å². The highest BCUT2D eigenvalue weighted by Gasteiger charge is 2.30. The number of amides is 1. The fourth-order valence-corrected chi connectivity index (χ4v) is 4.09. The summed E-state index contributed by atoms with van der Waals surface area (Å²) in [7, 11) is 0. The summed E-state index contributed by atoms with van der Waals surface area (Å²) < 4.78 is 5.53. The van der Waals surface area contributed by atoms with Crippen LogP contribution in [0.1, 0.15) is 29.7 Å². The maximum absolute atomic E-state index is 12.5. The Morgan fingerprint density at radius 2 is 2.15 bits per heavy atom. The number of rotatable bonds is 5. The van der Waals surface area contributed by atoms with Gasteiger partial charge >= 0.3 is 0 Å². The van der Waals surface area contributed by atoms with Crippen molar-refractivity contribution in [2.24, 2.45) is 4.99 Å². The smallest absolute Gasteiger partial charge is 0.251 e. The Balaban J connectivity index is 1.50. The van der Waals surface area contributed by atoms with Crippen LogP contribution in [0.4, 0.5) is 0 Å². The Bertz CT molecular complexity index is 619. The second-order valence-electron chi connectivity index (χ2n) is 6.66. The van der Waals surface area contributed by atoms with E-state index in [9.17, 15) is 4.79 Å². The van der Waals surface area contributed by atoms with Crippen molar-refractivity contribution in [1.82, 2.24) is 20.1 Å². The highest BCUT2D eigenvalue weighted by molar-refractivity contribution is 7.11. The number of piperazine rings is 1. The molecule has 3 heterocycles. The lowest BCUT2D eigenvalue weighted by Crippen LogP contribution is -2.55. The molecule has 2 saturated heterocycles. The van der Waals surface area contributed by atoms with Crippen LogP contribution in [0.2, 0.25) is 0 Å². The summed E-state index contributed by atoms with van der Waals surface area (Å²) in [6, 6.07) is 0. The van der Waals surface area contributed by atoms with E-state index in [2.05, 4.69) is 29.0 Å². The number of nitrogens with zero attached hydrogens (tertiary/aromatic N) is 4. The number of guanidine groups is 1. The van der Waals surface area contributed by atoms with Gasteiger partial charge in [-0.25, -0.2) is 4.98 Å². The van der Waals surface area contributed by atoms with E-state index in [1.165, 1.54) is 4.88 Å². The van der Waals surface area contributed by atoms with E-state index in [-0.39, 0.29) is 12.0 Å². The lowest BCUT2D eigenvalue weighted by Gasteiger charge is -2.37. The fourth-order valence-electron chi connectivity index (χ4n) is 3.31. The van der Waals surface area contributed by atoms with Gasteiger partial charge in [-0.15, -0.1) is 11.3 Å². The topological polar surface area (TPSA) is 70.1 Å². The second-order valence-corrected chi connectivity index (χ2v) is 7.98. The van der Waals surface area contributed by atoms with E-state index in [1.807, 2.05) is 11.1 Å². The number of carbonyl (C=O) groups is 1. The first-order valence-electron chi connectivity index (χ1n) is 9.52. The van der Waals surface area contributed by atoms with Gasteiger partial charge in [0.1, 0.15) is 6.10 Å². The summed E-state index contributed by atoms with van der Waals surface area (Å²) >= 11 is 1.73. The molecule has 1 N–H and O–H groups in total. The molecule has 0 aliphatic carbocycles. The molecule has 1 amide bonds. The molecule has 1 unspecified atom stereocenters. The third-order valence-corrected chi connectivity index (χ3v) is 5.66. The van der Waals surface area contributed by atoms with Crippen LogP contribution in [0.25, 0.3) is 0 Å². The fraction of sp³-hybridized carbons (Fsp3) is 0.722. The summed E-state index contributed by atoms with van der Waals surface area (Å²) in [4.78, 5) is 27.0. The molecule has 0 saturated carbocycles. The third-order valence-electron chi connectivity index (χ3n) is 4.69. The van der Waals surface area contributed by atoms with Crippen molar-refractivity contribution < 1.29 is 9.53 Å². The van der Waals surface area contributed by atoms with E-state index in [0.717, 1.165) is 69.5 Å². The van der Waals surface area contributed by atoms with Crippen molar-refractivity contribution in [3.63, 3.8) is 0 Å². The van der Waals surface area contributed by atoms with Gasteiger partial charge in [-0.05, 0) is 26.7 Å². The van der Waals surface area contributed by atoms with Crippen LogP contribution in [0.3, 0.4) is 0 Å². The molecule has 7 nitrogen and oxygen atoms in total. The van der Waals surface area contributed by atoms with Gasteiger partial charge in [0.05, 0.1) is 5.01 Å². The van der Waals surface area contributed by atoms with Crippen molar-refractivity contribution in [3.05, 3.63) is 16.1 Å². The third kappa shape index (κ3) is 4.94. The number of aromatic nitrogens is 1. The highest BCUT2D eigenvalue weighted by Crippen LogP contribution is 2.16. The highest BCUT2D eigenvalue weighted by atomic mass is 32.1. The molecular weight excluding hydrogens is 350 g/mol. The molecule has 2 fully saturated rings. The van der Waals surface area contributed by atoms with Gasteiger partial charge < -0.3 is 19.9 Å². The van der Waals surface area contributed by atoms with Crippen LogP contribution in [-0.2, 0) is 16.0 Å². The Hall–Kier alpha value is -1.67. The van der Waals surface area contributed by atoms with Crippen LogP contribution in [-0.4, -0.2) is 78.6 Å². The number of hydrogen-bond acceptors (Lipinski definition) is 5. The molecule has 3 rings (SSSR count). The average Bonchev–Trinajstić information content (AvgIpc) is 3.32. The zero-order valence-electron chi connectivity index (χ0n) is 15.7. The number of carbonyl (C=O) groups excluding carboxylic acids is 1. The van der Waals surface area contributed by atoms with Crippen LogP contribution >= 0.6 is 11.3 Å². The lowest BCUT2D eigenvalue weighted by molar-refractivity contribution is -0.142. The lowest BCUT2D eigenvalue weighted by atomic mass is 10.2. The van der Waals surface area contributed by atoms with Crippen LogP contribution < -0.4 is 5.32 Å². The van der Waals surface area contributed by atoms with E-state index in [0.29, 0.717) is 6.61 Å². The van der Waals surface area contributed by atoms with Gasteiger partial charge in [-0.1, -0.05) is 0 Å². The van der Waals surface area contributed by atoms with Gasteiger partial charge in [-0.2, -0.15) is 0 Å². The molecule has 2 aliphatic rings. The first-order valence-corrected chi connectivity index (χ1v) is 10.3. The zero-order chi connectivity index (χ0) is 18.4. The average molecular weight is 380 g/mol. The zero-order valence-corrected chi connectivity index (χ0v) is 16.6. The molecular formula is C18H29N5O2S. The number of nitrogens with one attached hydrogen (secondary N) is 1. The van der Waals surface area contributed by atoms with Crippen molar-refractivity contribution in [2.75, 3.05) is 45.9 Å². The van der Waals surface area contributed by atoms with E-state index in [4.69, 9.17) is 9.73 Å².